The van der Waals surface area contributed by atoms with Crippen molar-refractivity contribution >= 4 is 5.97 Å². The highest BCUT2D eigenvalue weighted by Crippen LogP contribution is 2.38. The van der Waals surface area contributed by atoms with Crippen molar-refractivity contribution in [3.05, 3.63) is 90.0 Å². The maximum atomic E-state index is 13.2. The van der Waals surface area contributed by atoms with Crippen molar-refractivity contribution in [2.75, 3.05) is 0 Å². The van der Waals surface area contributed by atoms with Crippen LogP contribution in [0.25, 0.3) is 11.1 Å². The molecule has 0 saturated heterocycles. The molecule has 1 aliphatic rings. The zero-order chi connectivity index (χ0) is 30.1. The Morgan fingerprint density at radius 1 is 0.674 bits per heavy atom. The molecule has 232 valence electrons. The van der Waals surface area contributed by atoms with E-state index in [0.717, 1.165) is 44.4 Å². The highest BCUT2D eigenvalue weighted by Gasteiger charge is 2.23. The van der Waals surface area contributed by atoms with E-state index in [1.165, 1.54) is 92.9 Å². The van der Waals surface area contributed by atoms with Crippen LogP contribution < -0.4 is 4.74 Å². The lowest BCUT2D eigenvalue weighted by Gasteiger charge is -2.29. The number of esters is 1. The molecule has 2 heteroatoms. The molecule has 0 radical (unpaired) electrons. The van der Waals surface area contributed by atoms with E-state index in [2.05, 4.69) is 80.6 Å². The van der Waals surface area contributed by atoms with Crippen molar-refractivity contribution in [2.24, 2.45) is 11.8 Å². The summed E-state index contributed by atoms with van der Waals surface area (Å²) in [6.07, 6.45) is 21.1. The Labute approximate surface area is 262 Å². The predicted molar refractivity (Wildman–Crippen MR) is 183 cm³/mol. The molecule has 1 unspecified atom stereocenters. The number of carbonyl (C=O) groups excluding carboxylic acids is 1. The van der Waals surface area contributed by atoms with E-state index in [-0.39, 0.29) is 11.9 Å². The van der Waals surface area contributed by atoms with Gasteiger partial charge in [0.2, 0.25) is 0 Å². The van der Waals surface area contributed by atoms with Crippen LogP contribution in [-0.2, 0) is 11.2 Å². The molecule has 43 heavy (non-hydrogen) atoms. The van der Waals surface area contributed by atoms with E-state index in [9.17, 15) is 4.79 Å². The van der Waals surface area contributed by atoms with Crippen LogP contribution in [0.4, 0.5) is 0 Å². The third-order valence-corrected chi connectivity index (χ3v) is 9.70. The van der Waals surface area contributed by atoms with E-state index in [4.69, 9.17) is 4.74 Å². The molecule has 1 atom stereocenters. The van der Waals surface area contributed by atoms with Crippen LogP contribution in [0, 0.1) is 11.8 Å². The van der Waals surface area contributed by atoms with Gasteiger partial charge in [0.25, 0.3) is 0 Å². The first-order valence-electron chi connectivity index (χ1n) is 17.6. The molecule has 0 N–H and O–H groups in total. The second kappa shape index (κ2) is 18.7. The average molecular weight is 581 g/mol. The Hall–Kier alpha value is -2.87. The maximum Gasteiger partial charge on any atom is 0.314 e. The number of hydrogen-bond donors (Lipinski definition) is 0. The summed E-state index contributed by atoms with van der Waals surface area (Å²) >= 11 is 0. The van der Waals surface area contributed by atoms with Gasteiger partial charge >= 0.3 is 5.97 Å². The van der Waals surface area contributed by atoms with Crippen LogP contribution >= 0.6 is 0 Å². The van der Waals surface area contributed by atoms with Gasteiger partial charge in [0, 0.05) is 0 Å². The summed E-state index contributed by atoms with van der Waals surface area (Å²) < 4.78 is 5.94. The Morgan fingerprint density at radius 2 is 1.30 bits per heavy atom. The minimum atomic E-state index is -0.0594. The second-order valence-corrected chi connectivity index (χ2v) is 13.1. The number of aryl methyl sites for hydroxylation is 1. The zero-order valence-corrected chi connectivity index (χ0v) is 27.1. The Kier molecular flexibility index (Phi) is 14.4. The highest BCUT2D eigenvalue weighted by molar-refractivity contribution is 5.75. The Morgan fingerprint density at radius 3 is 2.00 bits per heavy atom. The smallest absolute Gasteiger partial charge is 0.314 e. The minimum Gasteiger partial charge on any atom is -0.426 e. The van der Waals surface area contributed by atoms with Crippen molar-refractivity contribution < 1.29 is 9.53 Å². The van der Waals surface area contributed by atoms with Gasteiger partial charge in [-0.1, -0.05) is 138 Å². The van der Waals surface area contributed by atoms with Crippen molar-refractivity contribution in [1.82, 2.24) is 0 Å². The fourth-order valence-electron chi connectivity index (χ4n) is 6.88. The lowest BCUT2D eigenvalue weighted by molar-refractivity contribution is -0.139. The van der Waals surface area contributed by atoms with Crippen LogP contribution in [0.15, 0.2) is 78.9 Å². The van der Waals surface area contributed by atoms with Gasteiger partial charge < -0.3 is 4.74 Å². The van der Waals surface area contributed by atoms with Crippen LogP contribution in [0.2, 0.25) is 0 Å². The van der Waals surface area contributed by atoms with Gasteiger partial charge in [-0.3, -0.25) is 4.79 Å². The van der Waals surface area contributed by atoms with Crippen LogP contribution in [-0.4, -0.2) is 5.97 Å². The first-order chi connectivity index (χ1) is 21.2. The first-order valence-corrected chi connectivity index (χ1v) is 17.6. The molecule has 1 fully saturated rings. The Balaban J connectivity index is 1.19. The normalized spacial score (nSPS) is 17.4. The third-order valence-electron chi connectivity index (χ3n) is 9.70. The second-order valence-electron chi connectivity index (χ2n) is 13.1. The van der Waals surface area contributed by atoms with Crippen LogP contribution in [0.5, 0.6) is 5.75 Å². The minimum absolute atomic E-state index is 0.0369. The summed E-state index contributed by atoms with van der Waals surface area (Å²) in [5.74, 6) is 2.19. The van der Waals surface area contributed by atoms with Gasteiger partial charge in [-0.15, -0.1) is 0 Å². The van der Waals surface area contributed by atoms with Crippen LogP contribution in [0.3, 0.4) is 0 Å². The van der Waals surface area contributed by atoms with Gasteiger partial charge in [0.15, 0.2) is 0 Å². The monoisotopic (exact) mass is 580 g/mol. The van der Waals surface area contributed by atoms with Crippen molar-refractivity contribution in [1.29, 1.82) is 0 Å². The van der Waals surface area contributed by atoms with E-state index in [1.54, 1.807) is 0 Å². The lowest BCUT2D eigenvalue weighted by Crippen LogP contribution is -2.21. The molecule has 3 aromatic carbocycles. The van der Waals surface area contributed by atoms with Crippen molar-refractivity contribution in [3.63, 3.8) is 0 Å². The number of hydrogen-bond acceptors (Lipinski definition) is 2. The number of benzene rings is 3. The molecule has 1 aliphatic carbocycles. The summed E-state index contributed by atoms with van der Waals surface area (Å²) in [6.45, 7) is 4.48. The first kappa shape index (κ1) is 33.0. The quantitative estimate of drug-likeness (QED) is 0.0849. The zero-order valence-electron chi connectivity index (χ0n) is 27.1. The largest absolute Gasteiger partial charge is 0.426 e. The number of unbranched alkanes of at least 4 members (excludes halogenated alkanes) is 6. The maximum absolute atomic E-state index is 13.2. The summed E-state index contributed by atoms with van der Waals surface area (Å²) in [5, 5.41) is 0. The topological polar surface area (TPSA) is 26.3 Å². The molecule has 1 saturated carbocycles. The average Bonchev–Trinajstić information content (AvgIpc) is 3.05. The van der Waals surface area contributed by atoms with E-state index in [1.807, 2.05) is 12.1 Å². The van der Waals surface area contributed by atoms with E-state index in [0.29, 0.717) is 11.7 Å². The van der Waals surface area contributed by atoms with Crippen molar-refractivity contribution in [3.8, 4) is 16.9 Å². The predicted octanol–water partition coefficient (Wildman–Crippen LogP) is 12.1. The van der Waals surface area contributed by atoms with Gasteiger partial charge in [0.05, 0.1) is 5.92 Å². The molecule has 0 heterocycles. The number of ether oxygens (including phenoxy) is 1. The molecule has 0 spiro atoms. The summed E-state index contributed by atoms with van der Waals surface area (Å²) in [7, 11) is 0. The molecule has 4 rings (SSSR count). The van der Waals surface area contributed by atoms with Gasteiger partial charge in [-0.25, -0.2) is 0 Å². The van der Waals surface area contributed by atoms with Crippen molar-refractivity contribution in [2.45, 2.75) is 129 Å². The fourth-order valence-corrected chi connectivity index (χ4v) is 6.88. The molecule has 0 bridgehead atoms. The van der Waals surface area contributed by atoms with E-state index >= 15 is 0 Å². The van der Waals surface area contributed by atoms with Gasteiger partial charge in [0.1, 0.15) is 5.75 Å². The molecule has 3 aromatic rings. The van der Waals surface area contributed by atoms with Gasteiger partial charge in [-0.05, 0) is 97.6 Å². The molecule has 0 aromatic heterocycles. The standard InChI is InChI=1S/C41H56O2/c1-3-5-7-8-9-11-15-33-21-27-37(28-22-33)38-29-31-40(32-30-38)43-41(42)39(17-6-4-2)20-14-16-34-23-25-36(26-24-34)35-18-12-10-13-19-35/h10,12-13,18-19,23-26,29-33,37,39H,3-9,11,14-17,20-22,27-28H2,1-2H3. The summed E-state index contributed by atoms with van der Waals surface area (Å²) in [5.41, 5.74) is 5.24. The lowest BCUT2D eigenvalue weighted by atomic mass is 9.77. The summed E-state index contributed by atoms with van der Waals surface area (Å²) in [6, 6.07) is 27.9. The number of rotatable bonds is 18. The highest BCUT2D eigenvalue weighted by atomic mass is 16.5. The van der Waals surface area contributed by atoms with Gasteiger partial charge in [-0.2, -0.15) is 0 Å². The fraction of sp³-hybridized carbons (Fsp3) is 0.537. The van der Waals surface area contributed by atoms with Crippen LogP contribution in [0.1, 0.15) is 134 Å². The summed E-state index contributed by atoms with van der Waals surface area (Å²) in [4.78, 5) is 13.2. The number of carbonyl (C=O) groups is 1. The molecule has 0 aliphatic heterocycles. The SMILES string of the molecule is CCCCCCCCC1CCC(c2ccc(OC(=O)C(CCCC)CCCc3ccc(-c4ccccc4)cc3)cc2)CC1. The molecule has 0 amide bonds. The molecular weight excluding hydrogens is 524 g/mol. The Bertz CT molecular complexity index is 1160. The van der Waals surface area contributed by atoms with E-state index < -0.39 is 0 Å². The molecular formula is C41H56O2. The molecule has 2 nitrogen and oxygen atoms in total. The third kappa shape index (κ3) is 11.3.